The molecular formula is C18H27ClN2O4S. The Labute approximate surface area is 160 Å². The van der Waals surface area contributed by atoms with Crippen LogP contribution in [0.15, 0.2) is 23.1 Å². The molecule has 0 heterocycles. The maximum absolute atomic E-state index is 12.5. The molecule has 0 aromatic heterocycles. The van der Waals surface area contributed by atoms with Crippen LogP contribution < -0.4 is 14.8 Å². The molecule has 1 fully saturated rings. The number of halogens is 1. The lowest BCUT2D eigenvalue weighted by molar-refractivity contribution is -0.123. The van der Waals surface area contributed by atoms with Crippen molar-refractivity contribution in [2.24, 2.45) is 0 Å². The van der Waals surface area contributed by atoms with Crippen LogP contribution in [0.2, 0.25) is 5.02 Å². The molecule has 2 rings (SSSR count). The molecule has 26 heavy (non-hydrogen) atoms. The summed E-state index contributed by atoms with van der Waals surface area (Å²) in [6.07, 6.45) is 5.78. The van der Waals surface area contributed by atoms with Gasteiger partial charge in [0.1, 0.15) is 5.75 Å². The van der Waals surface area contributed by atoms with Gasteiger partial charge in [-0.1, -0.05) is 37.8 Å². The first-order chi connectivity index (χ1) is 12.3. The summed E-state index contributed by atoms with van der Waals surface area (Å²) in [5, 5.41) is 2.95. The van der Waals surface area contributed by atoms with Crippen molar-refractivity contribution in [3.63, 3.8) is 0 Å². The third-order valence-corrected chi connectivity index (χ3v) is 6.33. The van der Waals surface area contributed by atoms with Gasteiger partial charge in [-0.05, 0) is 44.4 Å². The summed E-state index contributed by atoms with van der Waals surface area (Å²) in [7, 11) is -3.62. The highest BCUT2D eigenvalue weighted by atomic mass is 35.5. The number of hydrogen-bond acceptors (Lipinski definition) is 4. The molecule has 1 aromatic rings. The summed E-state index contributed by atoms with van der Waals surface area (Å²) in [6.45, 7) is 3.71. The Hall–Kier alpha value is -1.31. The Morgan fingerprint density at radius 3 is 2.62 bits per heavy atom. The molecule has 1 atom stereocenters. The normalized spacial score (nSPS) is 16.9. The van der Waals surface area contributed by atoms with Crippen molar-refractivity contribution in [1.82, 2.24) is 10.0 Å². The van der Waals surface area contributed by atoms with Crippen molar-refractivity contribution < 1.29 is 17.9 Å². The fraction of sp³-hybridized carbons (Fsp3) is 0.611. The molecule has 0 radical (unpaired) electrons. The highest BCUT2D eigenvalue weighted by Crippen LogP contribution is 2.28. The van der Waals surface area contributed by atoms with Crippen LogP contribution in [0, 0.1) is 0 Å². The molecule has 0 bridgehead atoms. The number of ether oxygens (including phenoxy) is 1. The van der Waals surface area contributed by atoms with Crippen molar-refractivity contribution in [1.29, 1.82) is 0 Å². The number of carbonyl (C=O) groups is 1. The predicted octanol–water partition coefficient (Wildman–Crippen LogP) is 3.24. The molecule has 1 aromatic carbocycles. The fourth-order valence-corrected chi connectivity index (χ4v) is 4.47. The standard InChI is InChI=1S/C18H27ClN2O4S/c1-3-13(2)20-18(22)12-25-17-10-9-15(11-16(17)19)26(23,24)21-14-7-5-4-6-8-14/h9-11,13-14,21H,3-8,12H2,1-2H3,(H,20,22)/t13-/m0/s1. The molecule has 8 heteroatoms. The second-order valence-electron chi connectivity index (χ2n) is 6.71. The van der Waals surface area contributed by atoms with Crippen LogP contribution in [0.3, 0.4) is 0 Å². The van der Waals surface area contributed by atoms with Gasteiger partial charge in [-0.3, -0.25) is 4.79 Å². The van der Waals surface area contributed by atoms with Gasteiger partial charge in [-0.2, -0.15) is 0 Å². The van der Waals surface area contributed by atoms with Crippen LogP contribution in [0.5, 0.6) is 5.75 Å². The molecule has 146 valence electrons. The van der Waals surface area contributed by atoms with Gasteiger partial charge in [0.05, 0.1) is 9.92 Å². The molecule has 0 unspecified atom stereocenters. The first-order valence-electron chi connectivity index (χ1n) is 9.06. The number of hydrogen-bond donors (Lipinski definition) is 2. The minimum absolute atomic E-state index is 0.0206. The van der Waals surface area contributed by atoms with Gasteiger partial charge in [0, 0.05) is 12.1 Å². The maximum Gasteiger partial charge on any atom is 0.258 e. The minimum atomic E-state index is -3.62. The minimum Gasteiger partial charge on any atom is -0.482 e. The third kappa shape index (κ3) is 6.14. The molecule has 1 amide bonds. The lowest BCUT2D eigenvalue weighted by Crippen LogP contribution is -2.36. The summed E-state index contributed by atoms with van der Waals surface area (Å²) in [5.74, 6) is 0.0358. The average molecular weight is 403 g/mol. The van der Waals surface area contributed by atoms with E-state index in [2.05, 4.69) is 10.0 Å². The molecule has 6 nitrogen and oxygen atoms in total. The zero-order valence-corrected chi connectivity index (χ0v) is 16.8. The van der Waals surface area contributed by atoms with Crippen LogP contribution in [-0.2, 0) is 14.8 Å². The monoisotopic (exact) mass is 402 g/mol. The summed E-state index contributed by atoms with van der Waals surface area (Å²) >= 11 is 6.15. The zero-order chi connectivity index (χ0) is 19.2. The van der Waals surface area contributed by atoms with E-state index in [1.165, 1.54) is 18.2 Å². The number of benzene rings is 1. The smallest absolute Gasteiger partial charge is 0.258 e. The topological polar surface area (TPSA) is 84.5 Å². The van der Waals surface area contributed by atoms with E-state index in [1.807, 2.05) is 13.8 Å². The largest absolute Gasteiger partial charge is 0.482 e. The third-order valence-electron chi connectivity index (χ3n) is 4.52. The first-order valence-corrected chi connectivity index (χ1v) is 10.9. The number of sulfonamides is 1. The van der Waals surface area contributed by atoms with Crippen LogP contribution in [0.1, 0.15) is 52.4 Å². The van der Waals surface area contributed by atoms with Gasteiger partial charge in [0.25, 0.3) is 5.91 Å². The van der Waals surface area contributed by atoms with E-state index in [0.29, 0.717) is 0 Å². The van der Waals surface area contributed by atoms with E-state index >= 15 is 0 Å². The molecule has 2 N–H and O–H groups in total. The first kappa shape index (κ1) is 21.0. The molecule has 1 aliphatic rings. The van der Waals surface area contributed by atoms with Gasteiger partial charge in [0.2, 0.25) is 10.0 Å². The number of nitrogens with one attached hydrogen (secondary N) is 2. The van der Waals surface area contributed by atoms with E-state index < -0.39 is 10.0 Å². The van der Waals surface area contributed by atoms with Crippen LogP contribution in [-0.4, -0.2) is 33.0 Å². The Kier molecular flexibility index (Phi) is 7.73. The van der Waals surface area contributed by atoms with Gasteiger partial charge in [-0.15, -0.1) is 0 Å². The SMILES string of the molecule is CC[C@H](C)NC(=O)COc1ccc(S(=O)(=O)NC2CCCCC2)cc1Cl. The molecular weight excluding hydrogens is 376 g/mol. The summed E-state index contributed by atoms with van der Waals surface area (Å²) in [5.41, 5.74) is 0. The highest BCUT2D eigenvalue weighted by molar-refractivity contribution is 7.89. The molecule has 0 saturated heterocycles. The van der Waals surface area contributed by atoms with E-state index in [0.717, 1.165) is 38.5 Å². The zero-order valence-electron chi connectivity index (χ0n) is 15.3. The number of amides is 1. The van der Waals surface area contributed by atoms with Crippen molar-refractivity contribution >= 4 is 27.5 Å². The predicted molar refractivity (Wildman–Crippen MR) is 102 cm³/mol. The Morgan fingerprint density at radius 1 is 1.31 bits per heavy atom. The van der Waals surface area contributed by atoms with Gasteiger partial charge < -0.3 is 10.1 Å². The molecule has 0 aliphatic heterocycles. The Morgan fingerprint density at radius 2 is 2.00 bits per heavy atom. The lowest BCUT2D eigenvalue weighted by Gasteiger charge is -2.22. The summed E-state index contributed by atoms with van der Waals surface area (Å²) in [6, 6.07) is 4.33. The second-order valence-corrected chi connectivity index (χ2v) is 8.84. The van der Waals surface area contributed by atoms with E-state index in [-0.39, 0.29) is 40.3 Å². The van der Waals surface area contributed by atoms with Crippen molar-refractivity contribution in [3.05, 3.63) is 23.2 Å². The van der Waals surface area contributed by atoms with Gasteiger partial charge in [0.15, 0.2) is 6.61 Å². The quantitative estimate of drug-likeness (QED) is 0.699. The second kappa shape index (κ2) is 9.58. The van der Waals surface area contributed by atoms with E-state index in [4.69, 9.17) is 16.3 Å². The Bertz CT molecular complexity index is 718. The highest BCUT2D eigenvalue weighted by Gasteiger charge is 2.22. The number of carbonyl (C=O) groups excluding carboxylic acids is 1. The molecule has 1 saturated carbocycles. The van der Waals surface area contributed by atoms with Crippen molar-refractivity contribution in [2.75, 3.05) is 6.61 Å². The van der Waals surface area contributed by atoms with Crippen LogP contribution in [0.25, 0.3) is 0 Å². The molecule has 0 spiro atoms. The summed E-state index contributed by atoms with van der Waals surface area (Å²) < 4.78 is 33.2. The summed E-state index contributed by atoms with van der Waals surface area (Å²) in [4.78, 5) is 11.9. The average Bonchev–Trinajstić information content (AvgIpc) is 2.61. The van der Waals surface area contributed by atoms with E-state index in [1.54, 1.807) is 0 Å². The van der Waals surface area contributed by atoms with E-state index in [9.17, 15) is 13.2 Å². The number of rotatable bonds is 8. The Balaban J connectivity index is 1.98. The lowest BCUT2D eigenvalue weighted by atomic mass is 9.96. The maximum atomic E-state index is 12.5. The van der Waals surface area contributed by atoms with Gasteiger partial charge in [-0.25, -0.2) is 13.1 Å². The fourth-order valence-electron chi connectivity index (χ4n) is 2.84. The van der Waals surface area contributed by atoms with Crippen LogP contribution in [0.4, 0.5) is 0 Å². The van der Waals surface area contributed by atoms with Crippen LogP contribution >= 0.6 is 11.6 Å². The van der Waals surface area contributed by atoms with Crippen molar-refractivity contribution in [3.8, 4) is 5.75 Å². The van der Waals surface area contributed by atoms with Gasteiger partial charge >= 0.3 is 0 Å². The molecule has 1 aliphatic carbocycles. The van der Waals surface area contributed by atoms with Crippen molar-refractivity contribution in [2.45, 2.75) is 69.4 Å².